The van der Waals surface area contributed by atoms with Crippen LogP contribution in [0.1, 0.15) is 39.5 Å². The number of carbonyl (C=O) groups is 1. The van der Waals surface area contributed by atoms with Gasteiger partial charge in [0.1, 0.15) is 0 Å². The Morgan fingerprint density at radius 1 is 1.33 bits per heavy atom. The summed E-state index contributed by atoms with van der Waals surface area (Å²) in [6.07, 6.45) is 4.35. The van der Waals surface area contributed by atoms with E-state index in [9.17, 15) is 4.79 Å². The minimum Gasteiger partial charge on any atom is -0.378 e. The van der Waals surface area contributed by atoms with Crippen LogP contribution >= 0.6 is 0 Å². The lowest BCUT2D eigenvalue weighted by Crippen LogP contribution is -2.47. The topological polar surface area (TPSA) is 41.6 Å². The summed E-state index contributed by atoms with van der Waals surface area (Å²) in [6.45, 7) is 7.72. The van der Waals surface area contributed by atoms with Crippen molar-refractivity contribution in [2.75, 3.05) is 26.2 Å². The molecule has 2 unspecified atom stereocenters. The summed E-state index contributed by atoms with van der Waals surface area (Å²) in [6, 6.07) is 0.480. The molecule has 18 heavy (non-hydrogen) atoms. The van der Waals surface area contributed by atoms with Gasteiger partial charge in [-0.15, -0.1) is 0 Å². The first-order valence-electron chi connectivity index (χ1n) is 7.34. The Bertz CT molecular complexity index is 275. The van der Waals surface area contributed by atoms with Crippen molar-refractivity contribution in [1.82, 2.24) is 10.2 Å². The van der Waals surface area contributed by atoms with Crippen LogP contribution in [-0.4, -0.2) is 49.2 Å². The second-order valence-electron chi connectivity index (χ2n) is 5.56. The molecule has 4 heteroatoms. The van der Waals surface area contributed by atoms with Crippen LogP contribution in [0.5, 0.6) is 0 Å². The zero-order valence-corrected chi connectivity index (χ0v) is 11.7. The largest absolute Gasteiger partial charge is 0.378 e. The highest BCUT2D eigenvalue weighted by Crippen LogP contribution is 2.22. The number of nitrogens with one attached hydrogen (secondary N) is 1. The summed E-state index contributed by atoms with van der Waals surface area (Å²) in [4.78, 5) is 14.5. The Hall–Kier alpha value is -0.610. The molecule has 2 aliphatic heterocycles. The SMILES string of the molecule is CCOC1CCN(C(=O)C2CCNC(C)C2)CC1. The quantitative estimate of drug-likeness (QED) is 0.828. The molecule has 4 nitrogen and oxygen atoms in total. The van der Waals surface area contributed by atoms with Crippen LogP contribution in [-0.2, 0) is 9.53 Å². The molecule has 0 aromatic heterocycles. The molecule has 0 bridgehead atoms. The average Bonchev–Trinajstić information content (AvgIpc) is 2.39. The number of hydrogen-bond donors (Lipinski definition) is 1. The van der Waals surface area contributed by atoms with E-state index in [4.69, 9.17) is 4.74 Å². The predicted octanol–water partition coefficient (Wildman–Crippen LogP) is 1.40. The van der Waals surface area contributed by atoms with Crippen LogP contribution in [0.25, 0.3) is 0 Å². The smallest absolute Gasteiger partial charge is 0.225 e. The molecule has 2 saturated heterocycles. The van der Waals surface area contributed by atoms with Gasteiger partial charge in [-0.05, 0) is 46.1 Å². The number of piperidine rings is 2. The van der Waals surface area contributed by atoms with E-state index < -0.39 is 0 Å². The van der Waals surface area contributed by atoms with Crippen LogP contribution in [0.3, 0.4) is 0 Å². The summed E-state index contributed by atoms with van der Waals surface area (Å²) < 4.78 is 5.63. The number of hydrogen-bond acceptors (Lipinski definition) is 3. The third-order valence-electron chi connectivity index (χ3n) is 4.13. The van der Waals surface area contributed by atoms with Crippen molar-refractivity contribution < 1.29 is 9.53 Å². The van der Waals surface area contributed by atoms with Gasteiger partial charge >= 0.3 is 0 Å². The van der Waals surface area contributed by atoms with Crippen molar-refractivity contribution in [3.63, 3.8) is 0 Å². The number of likely N-dealkylation sites (tertiary alicyclic amines) is 1. The minimum atomic E-state index is 0.241. The van der Waals surface area contributed by atoms with Crippen molar-refractivity contribution in [3.8, 4) is 0 Å². The van der Waals surface area contributed by atoms with Gasteiger partial charge in [0.05, 0.1) is 6.10 Å². The van der Waals surface area contributed by atoms with Gasteiger partial charge in [0.15, 0.2) is 0 Å². The molecule has 104 valence electrons. The van der Waals surface area contributed by atoms with E-state index in [0.29, 0.717) is 18.1 Å². The number of amides is 1. The molecule has 2 heterocycles. The fourth-order valence-electron chi connectivity index (χ4n) is 3.09. The Morgan fingerprint density at radius 3 is 2.67 bits per heavy atom. The second-order valence-corrected chi connectivity index (χ2v) is 5.56. The highest BCUT2D eigenvalue weighted by molar-refractivity contribution is 5.79. The standard InChI is InChI=1S/C14H26N2O2/c1-3-18-13-5-8-16(9-6-13)14(17)12-4-7-15-11(2)10-12/h11-13,15H,3-10H2,1-2H3. The van der Waals surface area contributed by atoms with E-state index in [-0.39, 0.29) is 5.92 Å². The molecule has 2 atom stereocenters. The Kier molecular flexibility index (Phi) is 5.01. The Balaban J connectivity index is 1.80. The zero-order chi connectivity index (χ0) is 13.0. The van der Waals surface area contributed by atoms with E-state index in [2.05, 4.69) is 17.1 Å². The molecule has 2 fully saturated rings. The lowest BCUT2D eigenvalue weighted by Gasteiger charge is -2.36. The second kappa shape index (κ2) is 6.53. The molecule has 0 radical (unpaired) electrons. The Morgan fingerprint density at radius 2 is 2.06 bits per heavy atom. The lowest BCUT2D eigenvalue weighted by molar-refractivity contribution is -0.139. The van der Waals surface area contributed by atoms with Crippen molar-refractivity contribution >= 4 is 5.91 Å². The van der Waals surface area contributed by atoms with Gasteiger partial charge in [-0.1, -0.05) is 0 Å². The van der Waals surface area contributed by atoms with Crippen LogP contribution in [0.15, 0.2) is 0 Å². The third-order valence-corrected chi connectivity index (χ3v) is 4.13. The van der Waals surface area contributed by atoms with E-state index in [0.717, 1.165) is 51.9 Å². The lowest BCUT2D eigenvalue weighted by atomic mass is 9.91. The number of nitrogens with zero attached hydrogens (tertiary/aromatic N) is 1. The molecule has 0 aromatic carbocycles. The van der Waals surface area contributed by atoms with E-state index in [1.54, 1.807) is 0 Å². The van der Waals surface area contributed by atoms with Crippen molar-refractivity contribution in [2.24, 2.45) is 5.92 Å². The van der Waals surface area contributed by atoms with Crippen molar-refractivity contribution in [3.05, 3.63) is 0 Å². The molecule has 1 amide bonds. The zero-order valence-electron chi connectivity index (χ0n) is 11.7. The van der Waals surface area contributed by atoms with E-state index >= 15 is 0 Å². The van der Waals surface area contributed by atoms with Crippen LogP contribution in [0.2, 0.25) is 0 Å². The van der Waals surface area contributed by atoms with Crippen LogP contribution in [0.4, 0.5) is 0 Å². The summed E-state index contributed by atoms with van der Waals surface area (Å²) in [7, 11) is 0. The minimum absolute atomic E-state index is 0.241. The van der Waals surface area contributed by atoms with Crippen LogP contribution < -0.4 is 5.32 Å². The molecule has 0 aliphatic carbocycles. The highest BCUT2D eigenvalue weighted by atomic mass is 16.5. The first-order valence-corrected chi connectivity index (χ1v) is 7.34. The first-order chi connectivity index (χ1) is 8.70. The average molecular weight is 254 g/mol. The Labute approximate surface area is 110 Å². The van der Waals surface area contributed by atoms with Gasteiger partial charge in [-0.25, -0.2) is 0 Å². The van der Waals surface area contributed by atoms with Crippen molar-refractivity contribution in [1.29, 1.82) is 0 Å². The van der Waals surface area contributed by atoms with Gasteiger partial charge < -0.3 is 15.0 Å². The molecule has 0 aromatic rings. The predicted molar refractivity (Wildman–Crippen MR) is 71.4 cm³/mol. The summed E-state index contributed by atoms with van der Waals surface area (Å²) in [5.74, 6) is 0.614. The van der Waals surface area contributed by atoms with E-state index in [1.165, 1.54) is 0 Å². The monoisotopic (exact) mass is 254 g/mol. The van der Waals surface area contributed by atoms with Crippen LogP contribution in [0, 0.1) is 5.92 Å². The number of ether oxygens (including phenoxy) is 1. The summed E-state index contributed by atoms with van der Waals surface area (Å²) in [5, 5.41) is 3.40. The first kappa shape index (κ1) is 13.8. The van der Waals surface area contributed by atoms with Gasteiger partial charge in [0, 0.05) is 31.7 Å². The molecular weight excluding hydrogens is 228 g/mol. The molecule has 0 spiro atoms. The van der Waals surface area contributed by atoms with Gasteiger partial charge in [0.2, 0.25) is 5.91 Å². The maximum atomic E-state index is 12.4. The normalized spacial score (nSPS) is 30.4. The fourth-order valence-corrected chi connectivity index (χ4v) is 3.09. The molecule has 2 rings (SSSR count). The third kappa shape index (κ3) is 3.45. The maximum Gasteiger partial charge on any atom is 0.225 e. The van der Waals surface area contributed by atoms with Gasteiger partial charge in [-0.3, -0.25) is 4.79 Å². The van der Waals surface area contributed by atoms with E-state index in [1.807, 2.05) is 6.92 Å². The molecular formula is C14H26N2O2. The van der Waals surface area contributed by atoms with Crippen molar-refractivity contribution in [2.45, 2.75) is 51.7 Å². The highest BCUT2D eigenvalue weighted by Gasteiger charge is 2.30. The van der Waals surface area contributed by atoms with Gasteiger partial charge in [-0.2, -0.15) is 0 Å². The molecule has 2 aliphatic rings. The van der Waals surface area contributed by atoms with Gasteiger partial charge in [0.25, 0.3) is 0 Å². The molecule has 1 N–H and O–H groups in total. The number of carbonyl (C=O) groups excluding carboxylic acids is 1. The molecule has 0 saturated carbocycles. The fraction of sp³-hybridized carbons (Fsp3) is 0.929. The number of rotatable bonds is 3. The summed E-state index contributed by atoms with van der Waals surface area (Å²) >= 11 is 0. The maximum absolute atomic E-state index is 12.4. The summed E-state index contributed by atoms with van der Waals surface area (Å²) in [5.41, 5.74) is 0.